The van der Waals surface area contributed by atoms with Crippen LogP contribution in [0.25, 0.3) is 0 Å². The third-order valence-corrected chi connectivity index (χ3v) is 3.88. The van der Waals surface area contributed by atoms with E-state index in [4.69, 9.17) is 0 Å². The van der Waals surface area contributed by atoms with Crippen molar-refractivity contribution < 1.29 is 5.11 Å². The molecule has 0 aromatic heterocycles. The largest absolute Gasteiger partial charge is 0.396 e. The number of hydrogen-bond donors (Lipinski definition) is 2. The Morgan fingerprint density at radius 1 is 1.29 bits per heavy atom. The zero-order valence-corrected chi connectivity index (χ0v) is 12.1. The van der Waals surface area contributed by atoms with E-state index in [0.717, 1.165) is 18.4 Å². The number of rotatable bonds is 6. The van der Waals surface area contributed by atoms with E-state index in [0.29, 0.717) is 6.04 Å². The van der Waals surface area contributed by atoms with Gasteiger partial charge in [-0.15, -0.1) is 0 Å². The molecule has 1 saturated carbocycles. The first kappa shape index (κ1) is 15.0. The molecule has 2 heteroatoms. The molecular weight excluding hydrogens is 210 g/mol. The third-order valence-electron chi connectivity index (χ3n) is 3.88. The summed E-state index contributed by atoms with van der Waals surface area (Å²) >= 11 is 0. The summed E-state index contributed by atoms with van der Waals surface area (Å²) in [6.45, 7) is 10.1. The summed E-state index contributed by atoms with van der Waals surface area (Å²) in [6, 6.07) is 0.679. The van der Waals surface area contributed by atoms with Gasteiger partial charge in [-0.25, -0.2) is 0 Å². The van der Waals surface area contributed by atoms with E-state index < -0.39 is 0 Å². The Morgan fingerprint density at radius 3 is 2.59 bits per heavy atom. The van der Waals surface area contributed by atoms with Crippen molar-refractivity contribution in [3.63, 3.8) is 0 Å². The molecule has 1 rings (SSSR count). The molecule has 0 radical (unpaired) electrons. The van der Waals surface area contributed by atoms with Crippen molar-refractivity contribution in [3.8, 4) is 0 Å². The second-order valence-electron chi connectivity index (χ2n) is 7.06. The van der Waals surface area contributed by atoms with Gasteiger partial charge >= 0.3 is 0 Å². The highest BCUT2D eigenvalue weighted by Crippen LogP contribution is 2.29. The molecule has 0 spiro atoms. The lowest BCUT2D eigenvalue weighted by Gasteiger charge is -2.33. The van der Waals surface area contributed by atoms with Gasteiger partial charge in [-0.2, -0.15) is 0 Å². The Balaban J connectivity index is 2.29. The van der Waals surface area contributed by atoms with Crippen molar-refractivity contribution in [1.29, 1.82) is 0 Å². The summed E-state index contributed by atoms with van der Waals surface area (Å²) in [5, 5.41) is 12.9. The lowest BCUT2D eigenvalue weighted by atomic mass is 9.80. The van der Waals surface area contributed by atoms with Crippen molar-refractivity contribution in [1.82, 2.24) is 5.32 Å². The molecular formula is C15H31NO. The topological polar surface area (TPSA) is 32.3 Å². The van der Waals surface area contributed by atoms with Gasteiger partial charge in [0.05, 0.1) is 0 Å². The maximum atomic E-state index is 9.25. The van der Waals surface area contributed by atoms with Gasteiger partial charge in [0.2, 0.25) is 0 Å². The highest BCUT2D eigenvalue weighted by molar-refractivity contribution is 4.81. The van der Waals surface area contributed by atoms with Crippen LogP contribution in [0.1, 0.15) is 59.8 Å². The molecule has 0 bridgehead atoms. The average Bonchev–Trinajstić information content (AvgIpc) is 2.26. The Kier molecular flexibility index (Phi) is 5.94. The minimum absolute atomic E-state index is 0.0188. The van der Waals surface area contributed by atoms with Gasteiger partial charge < -0.3 is 10.4 Å². The fourth-order valence-corrected chi connectivity index (χ4v) is 2.83. The first-order chi connectivity index (χ1) is 7.93. The quantitative estimate of drug-likeness (QED) is 0.748. The summed E-state index contributed by atoms with van der Waals surface area (Å²) in [5.41, 5.74) is 0.0188. The van der Waals surface area contributed by atoms with Gasteiger partial charge in [-0.3, -0.25) is 0 Å². The van der Waals surface area contributed by atoms with Crippen LogP contribution < -0.4 is 5.32 Å². The molecule has 1 aliphatic rings. The summed E-state index contributed by atoms with van der Waals surface area (Å²) < 4.78 is 0. The number of nitrogens with one attached hydrogen (secondary N) is 1. The van der Waals surface area contributed by atoms with Crippen LogP contribution in [0.4, 0.5) is 0 Å². The fourth-order valence-electron chi connectivity index (χ4n) is 2.83. The maximum Gasteiger partial charge on any atom is 0.0494 e. The monoisotopic (exact) mass is 241 g/mol. The van der Waals surface area contributed by atoms with Crippen LogP contribution in [0, 0.1) is 17.3 Å². The van der Waals surface area contributed by atoms with Crippen molar-refractivity contribution in [2.24, 2.45) is 17.3 Å². The van der Waals surface area contributed by atoms with E-state index in [9.17, 15) is 5.11 Å². The van der Waals surface area contributed by atoms with Gasteiger partial charge in [0, 0.05) is 24.6 Å². The lowest BCUT2D eigenvalue weighted by Crippen LogP contribution is -2.41. The van der Waals surface area contributed by atoms with Crippen LogP contribution in [0.2, 0.25) is 0 Å². The van der Waals surface area contributed by atoms with Crippen molar-refractivity contribution >= 4 is 0 Å². The Morgan fingerprint density at radius 2 is 2.00 bits per heavy atom. The minimum Gasteiger partial charge on any atom is -0.396 e. The number of hydrogen-bond acceptors (Lipinski definition) is 2. The van der Waals surface area contributed by atoms with Gasteiger partial charge in [-0.05, 0) is 31.1 Å². The SMILES string of the molecule is CC(C)CC1CCCC(NCC(C)(C)CO)C1. The van der Waals surface area contributed by atoms with Crippen LogP contribution in [0.5, 0.6) is 0 Å². The molecule has 0 heterocycles. The fraction of sp³-hybridized carbons (Fsp3) is 1.00. The summed E-state index contributed by atoms with van der Waals surface area (Å²) in [7, 11) is 0. The van der Waals surface area contributed by atoms with Crippen molar-refractivity contribution in [3.05, 3.63) is 0 Å². The summed E-state index contributed by atoms with van der Waals surface area (Å²) in [5.74, 6) is 1.74. The molecule has 0 aliphatic heterocycles. The van der Waals surface area contributed by atoms with E-state index in [1.807, 2.05) is 0 Å². The molecule has 1 fully saturated rings. The van der Waals surface area contributed by atoms with Crippen LogP contribution in [-0.2, 0) is 0 Å². The van der Waals surface area contributed by atoms with Crippen LogP contribution in [-0.4, -0.2) is 24.3 Å². The Bertz CT molecular complexity index is 213. The van der Waals surface area contributed by atoms with Gasteiger partial charge in [0.1, 0.15) is 0 Å². The molecule has 1 aliphatic carbocycles. The summed E-state index contributed by atoms with van der Waals surface area (Å²) in [4.78, 5) is 0. The standard InChI is InChI=1S/C15H31NO/c1-12(2)8-13-6-5-7-14(9-13)16-10-15(3,4)11-17/h12-14,16-17H,5-11H2,1-4H3. The van der Waals surface area contributed by atoms with Crippen LogP contribution in [0.15, 0.2) is 0 Å². The highest BCUT2D eigenvalue weighted by Gasteiger charge is 2.24. The second kappa shape index (κ2) is 6.75. The third kappa shape index (κ3) is 5.87. The normalized spacial score (nSPS) is 26.5. The van der Waals surface area contributed by atoms with Crippen LogP contribution >= 0.6 is 0 Å². The minimum atomic E-state index is 0.0188. The van der Waals surface area contributed by atoms with Gasteiger partial charge in [0.15, 0.2) is 0 Å². The average molecular weight is 241 g/mol. The molecule has 0 amide bonds. The second-order valence-corrected chi connectivity index (χ2v) is 7.06. The van der Waals surface area contributed by atoms with E-state index in [-0.39, 0.29) is 12.0 Å². The highest BCUT2D eigenvalue weighted by atomic mass is 16.3. The smallest absolute Gasteiger partial charge is 0.0494 e. The zero-order chi connectivity index (χ0) is 12.9. The van der Waals surface area contributed by atoms with E-state index in [1.54, 1.807) is 0 Å². The van der Waals surface area contributed by atoms with E-state index >= 15 is 0 Å². The predicted molar refractivity (Wildman–Crippen MR) is 74.1 cm³/mol. The molecule has 17 heavy (non-hydrogen) atoms. The predicted octanol–water partition coefficient (Wildman–Crippen LogP) is 3.20. The molecule has 2 nitrogen and oxygen atoms in total. The molecule has 0 aromatic rings. The lowest BCUT2D eigenvalue weighted by molar-refractivity contribution is 0.145. The number of aliphatic hydroxyl groups excluding tert-OH is 1. The van der Waals surface area contributed by atoms with Gasteiger partial charge in [0.25, 0.3) is 0 Å². The van der Waals surface area contributed by atoms with Crippen molar-refractivity contribution in [2.45, 2.75) is 65.8 Å². The van der Waals surface area contributed by atoms with E-state index in [1.165, 1.54) is 32.1 Å². The number of aliphatic hydroxyl groups is 1. The molecule has 0 saturated heterocycles. The van der Waals surface area contributed by atoms with E-state index in [2.05, 4.69) is 33.0 Å². The first-order valence-electron chi connectivity index (χ1n) is 7.27. The molecule has 102 valence electrons. The molecule has 2 atom stereocenters. The summed E-state index contributed by atoms with van der Waals surface area (Å²) in [6.07, 6.45) is 6.81. The Hall–Kier alpha value is -0.0800. The molecule has 0 aromatic carbocycles. The maximum absolute atomic E-state index is 9.25. The Labute approximate surface area is 107 Å². The molecule has 2 unspecified atom stereocenters. The molecule has 2 N–H and O–H groups in total. The first-order valence-corrected chi connectivity index (χ1v) is 7.27. The zero-order valence-electron chi connectivity index (χ0n) is 12.1. The van der Waals surface area contributed by atoms with Crippen LogP contribution in [0.3, 0.4) is 0 Å². The van der Waals surface area contributed by atoms with Gasteiger partial charge in [-0.1, -0.05) is 40.5 Å². The van der Waals surface area contributed by atoms with Crippen molar-refractivity contribution in [2.75, 3.05) is 13.2 Å².